The molecule has 4 heteroatoms. The van der Waals surface area contributed by atoms with E-state index in [2.05, 4.69) is 24.4 Å². The van der Waals surface area contributed by atoms with Gasteiger partial charge in [-0.2, -0.15) is 0 Å². The topological polar surface area (TPSA) is 42.2 Å². The lowest BCUT2D eigenvalue weighted by molar-refractivity contribution is -0.116. The second-order valence-corrected chi connectivity index (χ2v) is 6.07. The Kier molecular flexibility index (Phi) is 5.02. The van der Waals surface area contributed by atoms with Gasteiger partial charge in [-0.1, -0.05) is 53.6 Å². The average Bonchev–Trinajstić information content (AvgIpc) is 3.05. The van der Waals surface area contributed by atoms with Crippen molar-refractivity contribution >= 4 is 23.2 Å². The van der Waals surface area contributed by atoms with Crippen LogP contribution in [0, 0.1) is 6.92 Å². The molecule has 0 aliphatic rings. The van der Waals surface area contributed by atoms with Crippen molar-refractivity contribution in [1.82, 2.24) is 0 Å². The van der Waals surface area contributed by atoms with Gasteiger partial charge in [0.25, 0.3) is 0 Å². The maximum Gasteiger partial charge on any atom is 0.224 e. The molecule has 1 aromatic heterocycles. The number of nitrogens with one attached hydrogen (secondary N) is 1. The van der Waals surface area contributed by atoms with E-state index in [1.165, 1.54) is 5.56 Å². The summed E-state index contributed by atoms with van der Waals surface area (Å²) in [5, 5.41) is 3.35. The van der Waals surface area contributed by atoms with Crippen LogP contribution in [0.5, 0.6) is 0 Å². The molecule has 0 aliphatic heterocycles. The van der Waals surface area contributed by atoms with Gasteiger partial charge in [0, 0.05) is 18.4 Å². The van der Waals surface area contributed by atoms with Gasteiger partial charge in [-0.25, -0.2) is 0 Å². The molecule has 0 atom stereocenters. The van der Waals surface area contributed by atoms with Crippen LogP contribution in [0.2, 0.25) is 5.02 Å². The maximum absolute atomic E-state index is 12.0. The smallest absolute Gasteiger partial charge is 0.224 e. The summed E-state index contributed by atoms with van der Waals surface area (Å²) in [6.45, 7) is 2.05. The second kappa shape index (κ2) is 7.37. The second-order valence-electron chi connectivity index (χ2n) is 5.66. The fourth-order valence-corrected chi connectivity index (χ4v) is 2.58. The predicted octanol–water partition coefficient (Wildman–Crippen LogP) is 5.48. The van der Waals surface area contributed by atoms with Gasteiger partial charge in [-0.15, -0.1) is 0 Å². The van der Waals surface area contributed by atoms with Gasteiger partial charge in [0.15, 0.2) is 0 Å². The number of carbonyl (C=O) groups excluding carboxylic acids is 1. The summed E-state index contributed by atoms with van der Waals surface area (Å²) in [7, 11) is 0. The zero-order chi connectivity index (χ0) is 16.9. The average molecular weight is 340 g/mol. The van der Waals surface area contributed by atoms with Crippen molar-refractivity contribution in [2.24, 2.45) is 0 Å². The molecule has 0 radical (unpaired) electrons. The number of anilines is 1. The van der Waals surface area contributed by atoms with Crippen LogP contribution < -0.4 is 5.32 Å². The quantitative estimate of drug-likeness (QED) is 0.668. The predicted molar refractivity (Wildman–Crippen MR) is 97.3 cm³/mol. The molecule has 24 heavy (non-hydrogen) atoms. The minimum absolute atomic E-state index is 0.0867. The number of aryl methyl sites for hydroxylation is 2. The third-order valence-electron chi connectivity index (χ3n) is 3.74. The summed E-state index contributed by atoms with van der Waals surface area (Å²) in [6, 6.07) is 19.2. The zero-order valence-electron chi connectivity index (χ0n) is 13.4. The molecule has 0 unspecified atom stereocenters. The van der Waals surface area contributed by atoms with Crippen LogP contribution in [0.4, 0.5) is 5.69 Å². The summed E-state index contributed by atoms with van der Waals surface area (Å²) >= 11 is 6.03. The van der Waals surface area contributed by atoms with Gasteiger partial charge in [-0.3, -0.25) is 4.79 Å². The van der Waals surface area contributed by atoms with Gasteiger partial charge in [0.2, 0.25) is 5.91 Å². The highest BCUT2D eigenvalue weighted by Gasteiger charge is 2.09. The molecule has 3 aromatic rings. The summed E-state index contributed by atoms with van der Waals surface area (Å²) in [6.07, 6.45) is 0.883. The molecule has 0 fully saturated rings. The molecular formula is C20H18ClNO2. The molecule has 1 N–H and O–H groups in total. The number of carbonyl (C=O) groups is 1. The first kappa shape index (κ1) is 16.3. The highest BCUT2D eigenvalue weighted by Crippen LogP contribution is 2.24. The maximum atomic E-state index is 12.0. The van der Waals surface area contributed by atoms with Crippen molar-refractivity contribution in [3.63, 3.8) is 0 Å². The summed E-state index contributed by atoms with van der Waals surface area (Å²) in [5.41, 5.74) is 2.87. The summed E-state index contributed by atoms with van der Waals surface area (Å²) in [5.74, 6) is 1.52. The minimum atomic E-state index is -0.0867. The Morgan fingerprint density at radius 2 is 1.79 bits per heavy atom. The Morgan fingerprint density at radius 1 is 1.04 bits per heavy atom. The number of furan rings is 1. The Labute approximate surface area is 146 Å². The van der Waals surface area contributed by atoms with Crippen molar-refractivity contribution in [3.8, 4) is 11.3 Å². The SMILES string of the molecule is Cc1ccc(-c2ccc(CCC(=O)Nc3ccccc3Cl)o2)cc1. The number of amides is 1. The third kappa shape index (κ3) is 4.06. The number of hydrogen-bond donors (Lipinski definition) is 1. The van der Waals surface area contributed by atoms with Crippen LogP contribution in [0.3, 0.4) is 0 Å². The summed E-state index contributed by atoms with van der Waals surface area (Å²) in [4.78, 5) is 12.0. The Bertz CT molecular complexity index is 837. The minimum Gasteiger partial charge on any atom is -0.461 e. The number of hydrogen-bond acceptors (Lipinski definition) is 2. The fourth-order valence-electron chi connectivity index (χ4n) is 2.40. The van der Waals surface area contributed by atoms with E-state index in [0.29, 0.717) is 23.6 Å². The molecule has 0 bridgehead atoms. The van der Waals surface area contributed by atoms with Gasteiger partial charge in [0.1, 0.15) is 11.5 Å². The van der Waals surface area contributed by atoms with Crippen molar-refractivity contribution in [1.29, 1.82) is 0 Å². The zero-order valence-corrected chi connectivity index (χ0v) is 14.1. The lowest BCUT2D eigenvalue weighted by atomic mass is 10.1. The molecule has 0 spiro atoms. The highest BCUT2D eigenvalue weighted by atomic mass is 35.5. The van der Waals surface area contributed by atoms with Gasteiger partial charge in [-0.05, 0) is 31.2 Å². The number of benzene rings is 2. The van der Waals surface area contributed by atoms with Crippen LogP contribution in [-0.2, 0) is 11.2 Å². The van der Waals surface area contributed by atoms with Gasteiger partial charge < -0.3 is 9.73 Å². The molecular weight excluding hydrogens is 322 g/mol. The van der Waals surface area contributed by atoms with Crippen molar-refractivity contribution < 1.29 is 9.21 Å². The monoisotopic (exact) mass is 339 g/mol. The Morgan fingerprint density at radius 3 is 2.54 bits per heavy atom. The van der Waals surface area contributed by atoms with E-state index in [0.717, 1.165) is 17.1 Å². The number of rotatable bonds is 5. The van der Waals surface area contributed by atoms with Crippen LogP contribution in [0.15, 0.2) is 65.1 Å². The Hall–Kier alpha value is -2.52. The molecule has 3 nitrogen and oxygen atoms in total. The van der Waals surface area contributed by atoms with Crippen LogP contribution in [-0.4, -0.2) is 5.91 Å². The van der Waals surface area contributed by atoms with E-state index >= 15 is 0 Å². The van der Waals surface area contributed by atoms with E-state index in [-0.39, 0.29) is 5.91 Å². The van der Waals surface area contributed by atoms with Crippen molar-refractivity contribution in [2.45, 2.75) is 19.8 Å². The van der Waals surface area contributed by atoms with Gasteiger partial charge in [0.05, 0.1) is 10.7 Å². The largest absolute Gasteiger partial charge is 0.461 e. The first-order chi connectivity index (χ1) is 11.6. The molecule has 0 aliphatic carbocycles. The van der Waals surface area contributed by atoms with E-state index < -0.39 is 0 Å². The first-order valence-electron chi connectivity index (χ1n) is 7.82. The lowest BCUT2D eigenvalue weighted by Gasteiger charge is -2.06. The molecule has 0 saturated carbocycles. The molecule has 0 saturated heterocycles. The van der Waals surface area contributed by atoms with E-state index in [1.54, 1.807) is 12.1 Å². The normalized spacial score (nSPS) is 10.6. The van der Waals surface area contributed by atoms with Crippen LogP contribution >= 0.6 is 11.6 Å². The molecule has 1 heterocycles. The van der Waals surface area contributed by atoms with E-state index in [9.17, 15) is 4.79 Å². The molecule has 3 rings (SSSR count). The standard InChI is InChI=1S/C20H18ClNO2/c1-14-6-8-15(9-7-14)19-12-10-16(24-19)11-13-20(23)22-18-5-3-2-4-17(18)21/h2-10,12H,11,13H2,1H3,(H,22,23). The first-order valence-corrected chi connectivity index (χ1v) is 8.20. The number of halogens is 1. The van der Waals surface area contributed by atoms with Crippen LogP contribution in [0.25, 0.3) is 11.3 Å². The van der Waals surface area contributed by atoms with Crippen LogP contribution in [0.1, 0.15) is 17.7 Å². The Balaban J connectivity index is 1.58. The highest BCUT2D eigenvalue weighted by molar-refractivity contribution is 6.33. The molecule has 122 valence electrons. The van der Waals surface area contributed by atoms with E-state index in [1.807, 2.05) is 36.4 Å². The third-order valence-corrected chi connectivity index (χ3v) is 4.07. The molecule has 1 amide bonds. The van der Waals surface area contributed by atoms with E-state index in [4.69, 9.17) is 16.0 Å². The number of para-hydroxylation sites is 1. The van der Waals surface area contributed by atoms with Crippen molar-refractivity contribution in [2.75, 3.05) is 5.32 Å². The fraction of sp³-hybridized carbons (Fsp3) is 0.150. The molecule has 2 aromatic carbocycles. The lowest BCUT2D eigenvalue weighted by Crippen LogP contribution is -2.12. The van der Waals surface area contributed by atoms with Gasteiger partial charge >= 0.3 is 0 Å². The van der Waals surface area contributed by atoms with Crippen molar-refractivity contribution in [3.05, 3.63) is 77.0 Å². The summed E-state index contributed by atoms with van der Waals surface area (Å²) < 4.78 is 5.83.